The summed E-state index contributed by atoms with van der Waals surface area (Å²) in [5.74, 6) is 1.21. The van der Waals surface area contributed by atoms with Crippen LogP contribution in [-0.2, 0) is 13.6 Å². The number of hydrogen-bond donors (Lipinski definition) is 0. The Morgan fingerprint density at radius 2 is 0.848 bits per heavy atom. The molecule has 2 aliphatic heterocycles. The molecule has 2 unspecified atom stereocenters. The Hall–Kier alpha value is -2.46. The van der Waals surface area contributed by atoms with Gasteiger partial charge < -0.3 is 13.6 Å². The molecule has 0 aromatic heterocycles. The Kier molecular flexibility index (Phi) is 10.3. The van der Waals surface area contributed by atoms with Crippen molar-refractivity contribution in [1.82, 2.24) is 0 Å². The van der Waals surface area contributed by atoms with Gasteiger partial charge in [-0.15, -0.1) is 0 Å². The van der Waals surface area contributed by atoms with Crippen LogP contribution >= 0.6 is 11.8 Å². The topological polar surface area (TPSA) is 31.0 Å². The molecule has 0 bridgehead atoms. The first kappa shape index (κ1) is 34.9. The molecular weight excluding hydrogens is 617 g/mol. The number of ether oxygens (including phenoxy) is 1. The Morgan fingerprint density at radius 3 is 1.09 bits per heavy atom. The molecule has 2 fully saturated rings. The highest BCUT2D eigenvalue weighted by Gasteiger charge is 2.54. The summed E-state index contributed by atoms with van der Waals surface area (Å²) in [6.07, 6.45) is 0. The van der Waals surface area contributed by atoms with Crippen molar-refractivity contribution in [2.24, 2.45) is 0 Å². The van der Waals surface area contributed by atoms with Crippen molar-refractivity contribution in [2.75, 3.05) is 25.6 Å². The predicted molar refractivity (Wildman–Crippen MR) is 202 cm³/mol. The summed E-state index contributed by atoms with van der Waals surface area (Å²) in [5.41, 5.74) is -0.104. The van der Waals surface area contributed by atoms with Gasteiger partial charge in [-0.05, 0) is 44.7 Å². The van der Waals surface area contributed by atoms with E-state index in [9.17, 15) is 0 Å². The van der Waals surface area contributed by atoms with Crippen molar-refractivity contribution in [3.8, 4) is 0 Å². The maximum Gasteiger partial charge on any atom is 0.261 e. The Bertz CT molecular complexity index is 1330. The summed E-state index contributed by atoms with van der Waals surface area (Å²) in [7, 11) is -4.73. The van der Waals surface area contributed by atoms with Crippen LogP contribution in [-0.4, -0.2) is 52.6 Å². The standard InChI is InChI=1S/C20H26O2Si.C20H26OSSi/c1-19(2,3)23(17-11-7-5-8-12-17,18-13-9-6-10-14-18)22-16-20(4)15-21-20;1-19(2,3)23(17-11-7-5-8-12-17,18-13-9-6-10-14-18)21-15-20(4)16-22-20/h2*5-14H,15-16H2,1-4H3. The summed E-state index contributed by atoms with van der Waals surface area (Å²) in [5, 5.41) is 5.49. The fraction of sp³-hybridized carbons (Fsp3) is 0.400. The number of thioether (sulfide) groups is 1. The Morgan fingerprint density at radius 1 is 0.565 bits per heavy atom. The van der Waals surface area contributed by atoms with E-state index in [1.165, 1.54) is 26.5 Å². The summed E-state index contributed by atoms with van der Waals surface area (Å²) < 4.78 is 19.6. The first-order chi connectivity index (χ1) is 21.7. The van der Waals surface area contributed by atoms with Crippen LogP contribution in [0.1, 0.15) is 55.4 Å². The van der Waals surface area contributed by atoms with Gasteiger partial charge in [-0.1, -0.05) is 163 Å². The van der Waals surface area contributed by atoms with Gasteiger partial charge in [-0.3, -0.25) is 0 Å². The summed E-state index contributed by atoms with van der Waals surface area (Å²) >= 11 is 2.01. The lowest BCUT2D eigenvalue weighted by Gasteiger charge is -2.43. The van der Waals surface area contributed by atoms with Crippen LogP contribution in [0.5, 0.6) is 0 Å². The molecule has 244 valence electrons. The summed E-state index contributed by atoms with van der Waals surface area (Å²) in [4.78, 5) is 0. The zero-order valence-electron chi connectivity index (χ0n) is 29.0. The first-order valence-electron chi connectivity index (χ1n) is 16.5. The van der Waals surface area contributed by atoms with Crippen molar-refractivity contribution in [3.63, 3.8) is 0 Å². The highest BCUT2D eigenvalue weighted by Crippen LogP contribution is 2.46. The maximum atomic E-state index is 6.91. The average molecular weight is 669 g/mol. The molecular formula is C40H52O3SSi2. The molecule has 4 aromatic rings. The molecule has 4 aromatic carbocycles. The minimum atomic E-state index is -2.40. The van der Waals surface area contributed by atoms with Gasteiger partial charge >= 0.3 is 0 Å². The molecule has 0 aliphatic carbocycles. The van der Waals surface area contributed by atoms with Gasteiger partial charge in [0.25, 0.3) is 16.6 Å². The lowest BCUT2D eigenvalue weighted by molar-refractivity contribution is 0.193. The van der Waals surface area contributed by atoms with E-state index in [2.05, 4.69) is 177 Å². The third-order valence-corrected chi connectivity index (χ3v) is 20.7. The molecule has 0 amide bonds. The van der Waals surface area contributed by atoms with E-state index in [1.807, 2.05) is 11.8 Å². The van der Waals surface area contributed by atoms with E-state index in [-0.39, 0.29) is 15.7 Å². The molecule has 2 saturated heterocycles. The van der Waals surface area contributed by atoms with Gasteiger partial charge in [0.15, 0.2) is 0 Å². The van der Waals surface area contributed by atoms with Gasteiger partial charge in [0, 0.05) is 17.1 Å². The molecule has 2 aliphatic rings. The molecule has 6 heteroatoms. The zero-order chi connectivity index (χ0) is 33.1. The number of benzene rings is 4. The largest absolute Gasteiger partial charge is 0.406 e. The predicted octanol–water partition coefficient (Wildman–Crippen LogP) is 7.42. The second kappa shape index (κ2) is 13.6. The SMILES string of the molecule is CC1(CO[Si](c2ccccc2)(c2ccccc2)C(C)(C)C)CO1.CC1(CO[Si](c2ccccc2)(c2ccccc2)C(C)(C)C)CS1. The van der Waals surface area contributed by atoms with Gasteiger partial charge in [-0.25, -0.2) is 0 Å². The van der Waals surface area contributed by atoms with Crippen LogP contribution in [0.3, 0.4) is 0 Å². The van der Waals surface area contributed by atoms with Gasteiger partial charge in [-0.2, -0.15) is 11.8 Å². The van der Waals surface area contributed by atoms with E-state index in [0.29, 0.717) is 11.4 Å². The van der Waals surface area contributed by atoms with Crippen LogP contribution in [0.2, 0.25) is 10.1 Å². The molecule has 0 saturated carbocycles. The van der Waals surface area contributed by atoms with Crippen LogP contribution < -0.4 is 20.7 Å². The smallest absolute Gasteiger partial charge is 0.261 e. The van der Waals surface area contributed by atoms with Crippen LogP contribution in [0, 0.1) is 0 Å². The molecule has 2 heterocycles. The number of epoxide rings is 1. The normalized spacial score (nSPS) is 21.2. The van der Waals surface area contributed by atoms with Crippen LogP contribution in [0.15, 0.2) is 121 Å². The molecule has 3 nitrogen and oxygen atoms in total. The minimum Gasteiger partial charge on any atom is -0.406 e. The number of hydrogen-bond acceptors (Lipinski definition) is 4. The van der Waals surface area contributed by atoms with E-state index < -0.39 is 16.6 Å². The average Bonchev–Trinajstić information content (AvgIpc) is 3.97. The first-order valence-corrected chi connectivity index (χ1v) is 21.3. The fourth-order valence-corrected chi connectivity index (χ4v) is 16.4. The van der Waals surface area contributed by atoms with Crippen LogP contribution in [0.4, 0.5) is 0 Å². The zero-order valence-corrected chi connectivity index (χ0v) is 31.8. The van der Waals surface area contributed by atoms with Crippen molar-refractivity contribution in [2.45, 2.75) is 75.8 Å². The van der Waals surface area contributed by atoms with Crippen molar-refractivity contribution in [1.29, 1.82) is 0 Å². The molecule has 0 spiro atoms. The van der Waals surface area contributed by atoms with Gasteiger partial charge in [0.2, 0.25) is 0 Å². The Balaban J connectivity index is 0.000000181. The van der Waals surface area contributed by atoms with E-state index in [4.69, 9.17) is 13.6 Å². The maximum absolute atomic E-state index is 6.91. The third-order valence-electron chi connectivity index (χ3n) is 9.30. The Labute approximate surface area is 284 Å². The monoisotopic (exact) mass is 668 g/mol. The number of rotatable bonds is 10. The fourth-order valence-electron chi connectivity index (χ4n) is 6.46. The van der Waals surface area contributed by atoms with Crippen LogP contribution in [0.25, 0.3) is 0 Å². The highest BCUT2D eigenvalue weighted by molar-refractivity contribution is 8.07. The molecule has 6 rings (SSSR count). The lowest BCUT2D eigenvalue weighted by Crippen LogP contribution is -2.67. The second-order valence-electron chi connectivity index (χ2n) is 15.4. The molecule has 0 radical (unpaired) electrons. The summed E-state index contributed by atoms with van der Waals surface area (Å²) in [6.45, 7) is 20.6. The van der Waals surface area contributed by atoms with E-state index >= 15 is 0 Å². The van der Waals surface area contributed by atoms with E-state index in [0.717, 1.165) is 13.2 Å². The quantitative estimate of drug-likeness (QED) is 0.130. The third kappa shape index (κ3) is 7.48. The molecule has 2 atom stereocenters. The highest BCUT2D eigenvalue weighted by atomic mass is 32.2. The molecule has 0 N–H and O–H groups in total. The summed E-state index contributed by atoms with van der Waals surface area (Å²) in [6, 6.07) is 43.3. The minimum absolute atomic E-state index is 0.0287. The van der Waals surface area contributed by atoms with Crippen molar-refractivity contribution >= 4 is 49.1 Å². The van der Waals surface area contributed by atoms with Crippen molar-refractivity contribution in [3.05, 3.63) is 121 Å². The van der Waals surface area contributed by atoms with Gasteiger partial charge in [0.05, 0.1) is 13.2 Å². The second-order valence-corrected chi connectivity index (χ2v) is 25.6. The van der Waals surface area contributed by atoms with Gasteiger partial charge in [0.1, 0.15) is 5.60 Å². The lowest BCUT2D eigenvalue weighted by atomic mass is 10.2. The molecule has 46 heavy (non-hydrogen) atoms. The van der Waals surface area contributed by atoms with E-state index in [1.54, 1.807) is 0 Å². The van der Waals surface area contributed by atoms with Crippen molar-refractivity contribution < 1.29 is 13.6 Å².